The van der Waals surface area contributed by atoms with Crippen molar-refractivity contribution in [2.45, 2.75) is 6.92 Å². The van der Waals surface area contributed by atoms with Crippen molar-refractivity contribution < 1.29 is 0 Å². The van der Waals surface area contributed by atoms with Gasteiger partial charge in [-0.25, -0.2) is 0 Å². The van der Waals surface area contributed by atoms with Gasteiger partial charge in [0, 0.05) is 18.3 Å². The summed E-state index contributed by atoms with van der Waals surface area (Å²) in [5.74, 6) is 0. The van der Waals surface area contributed by atoms with Gasteiger partial charge in [0.2, 0.25) is 0 Å². The van der Waals surface area contributed by atoms with Crippen LogP contribution < -0.4 is 11.3 Å². The summed E-state index contributed by atoms with van der Waals surface area (Å²) in [4.78, 5) is 11.6. The molecule has 0 fully saturated rings. The number of fused-ring (bicyclic) bond motifs is 1. The molecule has 1 aromatic heterocycles. The average Bonchev–Trinajstić information content (AvgIpc) is 2.16. The summed E-state index contributed by atoms with van der Waals surface area (Å²) in [6, 6.07) is 7.47. The number of hydrogen-bond acceptors (Lipinski definition) is 2. The molecule has 1 aromatic carbocycles. The molecule has 0 aliphatic rings. The van der Waals surface area contributed by atoms with Gasteiger partial charge in [-0.2, -0.15) is 0 Å². The van der Waals surface area contributed by atoms with E-state index >= 15 is 0 Å². The maximum absolute atomic E-state index is 11.6. The molecule has 0 bridgehead atoms. The van der Waals surface area contributed by atoms with Gasteiger partial charge in [0.25, 0.3) is 5.56 Å². The minimum absolute atomic E-state index is 0.0306. The average molecular weight is 188 g/mol. The summed E-state index contributed by atoms with van der Waals surface area (Å²) in [5, 5.41) is 1.04. The number of pyridine rings is 1. The van der Waals surface area contributed by atoms with Crippen LogP contribution in [0.3, 0.4) is 0 Å². The summed E-state index contributed by atoms with van der Waals surface area (Å²) in [6.07, 6.45) is 0. The highest BCUT2D eigenvalue weighted by Gasteiger charge is 2.02. The molecule has 2 rings (SSSR count). The summed E-state index contributed by atoms with van der Waals surface area (Å²) in [6.45, 7) is 1.82. The summed E-state index contributed by atoms with van der Waals surface area (Å²) in [7, 11) is 1.76. The van der Waals surface area contributed by atoms with E-state index in [0.717, 1.165) is 16.5 Å². The molecule has 0 saturated carbocycles. The number of nitrogen functional groups attached to an aromatic ring is 1. The monoisotopic (exact) mass is 188 g/mol. The van der Waals surface area contributed by atoms with E-state index in [9.17, 15) is 4.79 Å². The molecule has 0 radical (unpaired) electrons. The predicted molar refractivity (Wildman–Crippen MR) is 58.3 cm³/mol. The fourth-order valence-electron chi connectivity index (χ4n) is 1.64. The molecule has 2 N–H and O–H groups in total. The first-order valence-corrected chi connectivity index (χ1v) is 4.45. The number of aryl methyl sites for hydroxylation is 2. The zero-order valence-corrected chi connectivity index (χ0v) is 8.24. The number of aromatic nitrogens is 1. The highest BCUT2D eigenvalue weighted by atomic mass is 16.1. The lowest BCUT2D eigenvalue weighted by atomic mass is 10.1. The first kappa shape index (κ1) is 8.81. The van der Waals surface area contributed by atoms with Crippen molar-refractivity contribution in [3.63, 3.8) is 0 Å². The zero-order valence-electron chi connectivity index (χ0n) is 8.24. The number of anilines is 1. The maximum Gasteiger partial charge on any atom is 0.253 e. The van der Waals surface area contributed by atoms with Crippen LogP contribution in [0.4, 0.5) is 5.69 Å². The van der Waals surface area contributed by atoms with E-state index in [1.54, 1.807) is 11.6 Å². The van der Waals surface area contributed by atoms with E-state index in [4.69, 9.17) is 5.73 Å². The first-order valence-electron chi connectivity index (χ1n) is 4.45. The number of rotatable bonds is 0. The predicted octanol–water partition coefficient (Wildman–Crippen LogP) is 1.43. The van der Waals surface area contributed by atoms with Crippen molar-refractivity contribution in [1.82, 2.24) is 4.57 Å². The fraction of sp³-hybridized carbons (Fsp3) is 0.182. The smallest absolute Gasteiger partial charge is 0.253 e. The van der Waals surface area contributed by atoms with Crippen LogP contribution in [0.15, 0.2) is 29.1 Å². The Balaban J connectivity index is 2.99. The third kappa shape index (κ3) is 1.18. The van der Waals surface area contributed by atoms with Gasteiger partial charge in [-0.1, -0.05) is 6.07 Å². The molecule has 3 heteroatoms. The summed E-state index contributed by atoms with van der Waals surface area (Å²) < 4.78 is 1.63. The van der Waals surface area contributed by atoms with Crippen molar-refractivity contribution in [1.29, 1.82) is 0 Å². The molecule has 14 heavy (non-hydrogen) atoms. The van der Waals surface area contributed by atoms with E-state index in [0.29, 0.717) is 5.69 Å². The molecule has 1 heterocycles. The van der Waals surface area contributed by atoms with Crippen LogP contribution >= 0.6 is 0 Å². The minimum Gasteiger partial charge on any atom is -0.399 e. The van der Waals surface area contributed by atoms with Gasteiger partial charge in [0.15, 0.2) is 0 Å². The standard InChI is InChI=1S/C11H12N2O/c1-7-5-8-3-4-9(12)6-10(8)13(2)11(7)14/h3-6H,12H2,1-2H3. The minimum atomic E-state index is 0.0306. The van der Waals surface area contributed by atoms with Gasteiger partial charge in [-0.3, -0.25) is 4.79 Å². The molecular formula is C11H12N2O. The van der Waals surface area contributed by atoms with Crippen molar-refractivity contribution in [3.8, 4) is 0 Å². The van der Waals surface area contributed by atoms with E-state index in [2.05, 4.69) is 0 Å². The molecule has 3 nitrogen and oxygen atoms in total. The highest BCUT2D eigenvalue weighted by molar-refractivity contribution is 5.82. The van der Waals surface area contributed by atoms with Crippen LogP contribution in [0.1, 0.15) is 5.56 Å². The van der Waals surface area contributed by atoms with Gasteiger partial charge in [-0.15, -0.1) is 0 Å². The molecule has 0 aliphatic carbocycles. The largest absolute Gasteiger partial charge is 0.399 e. The molecule has 72 valence electrons. The molecule has 0 atom stereocenters. The Morgan fingerprint density at radius 1 is 1.29 bits per heavy atom. The Morgan fingerprint density at radius 2 is 2.00 bits per heavy atom. The Bertz CT molecular complexity index is 555. The van der Waals surface area contributed by atoms with Crippen LogP contribution in [0.2, 0.25) is 0 Å². The lowest BCUT2D eigenvalue weighted by molar-refractivity contribution is 0.893. The van der Waals surface area contributed by atoms with Crippen LogP contribution in [-0.2, 0) is 7.05 Å². The molecule has 0 unspecified atom stereocenters. The van der Waals surface area contributed by atoms with Crippen molar-refractivity contribution in [2.75, 3.05) is 5.73 Å². The van der Waals surface area contributed by atoms with Crippen LogP contribution in [0, 0.1) is 6.92 Å². The summed E-state index contributed by atoms with van der Waals surface area (Å²) in [5.41, 5.74) is 8.00. The molecule has 2 aromatic rings. The molecule has 0 spiro atoms. The van der Waals surface area contributed by atoms with Crippen molar-refractivity contribution in [3.05, 3.63) is 40.2 Å². The van der Waals surface area contributed by atoms with E-state index in [1.807, 2.05) is 31.2 Å². The van der Waals surface area contributed by atoms with Gasteiger partial charge in [0.1, 0.15) is 0 Å². The number of hydrogen-bond donors (Lipinski definition) is 1. The maximum atomic E-state index is 11.6. The number of nitrogens with zero attached hydrogens (tertiary/aromatic N) is 1. The zero-order chi connectivity index (χ0) is 10.3. The highest BCUT2D eigenvalue weighted by Crippen LogP contribution is 2.15. The Hall–Kier alpha value is -1.77. The van der Waals surface area contributed by atoms with Crippen LogP contribution in [-0.4, -0.2) is 4.57 Å². The van der Waals surface area contributed by atoms with Crippen LogP contribution in [0.25, 0.3) is 10.9 Å². The normalized spacial score (nSPS) is 10.7. The van der Waals surface area contributed by atoms with Gasteiger partial charge >= 0.3 is 0 Å². The number of benzene rings is 1. The van der Waals surface area contributed by atoms with E-state index < -0.39 is 0 Å². The topological polar surface area (TPSA) is 48.0 Å². The number of nitrogens with two attached hydrogens (primary N) is 1. The SMILES string of the molecule is Cc1cc2ccc(N)cc2n(C)c1=O. The molecule has 0 amide bonds. The van der Waals surface area contributed by atoms with Gasteiger partial charge in [0.05, 0.1) is 5.52 Å². The van der Waals surface area contributed by atoms with Crippen LogP contribution in [0.5, 0.6) is 0 Å². The third-order valence-electron chi connectivity index (χ3n) is 2.43. The molecule has 0 saturated heterocycles. The van der Waals surface area contributed by atoms with E-state index in [-0.39, 0.29) is 5.56 Å². The van der Waals surface area contributed by atoms with Gasteiger partial charge in [-0.05, 0) is 30.5 Å². The molecule has 0 aliphatic heterocycles. The lowest BCUT2D eigenvalue weighted by Crippen LogP contribution is -2.19. The quantitative estimate of drug-likeness (QED) is 0.636. The fourth-order valence-corrected chi connectivity index (χ4v) is 1.64. The first-order chi connectivity index (χ1) is 6.59. The molecular weight excluding hydrogens is 176 g/mol. The second kappa shape index (κ2) is 2.87. The third-order valence-corrected chi connectivity index (χ3v) is 2.43. The Morgan fingerprint density at radius 3 is 2.71 bits per heavy atom. The van der Waals surface area contributed by atoms with E-state index in [1.165, 1.54) is 0 Å². The summed E-state index contributed by atoms with van der Waals surface area (Å²) >= 11 is 0. The van der Waals surface area contributed by atoms with Gasteiger partial charge < -0.3 is 10.3 Å². The second-order valence-electron chi connectivity index (χ2n) is 3.51. The Labute approximate surface area is 81.8 Å². The van der Waals surface area contributed by atoms with Crippen molar-refractivity contribution in [2.24, 2.45) is 7.05 Å². The second-order valence-corrected chi connectivity index (χ2v) is 3.51. The lowest BCUT2D eigenvalue weighted by Gasteiger charge is -2.06. The van der Waals surface area contributed by atoms with Crippen molar-refractivity contribution >= 4 is 16.6 Å². The Kier molecular flexibility index (Phi) is 1.81.